The van der Waals surface area contributed by atoms with Crippen molar-refractivity contribution in [3.05, 3.63) is 0 Å². The first kappa shape index (κ1) is 46.2. The van der Waals surface area contributed by atoms with Gasteiger partial charge in [0.15, 0.2) is 0 Å². The number of hydrogen-bond donors (Lipinski definition) is 0. The third-order valence-corrected chi connectivity index (χ3v) is 7.18. The highest BCUT2D eigenvalue weighted by Gasteiger charge is 1.97. The first-order valence-electron chi connectivity index (χ1n) is 18.6. The minimum absolute atomic E-state index is 0.313. The third-order valence-electron chi connectivity index (χ3n) is 7.18. The molecular formula is C37H72O10. The highest BCUT2D eigenvalue weighted by molar-refractivity contribution is 4.82. The minimum atomic E-state index is 0.313. The van der Waals surface area contributed by atoms with Crippen molar-refractivity contribution in [1.29, 1.82) is 0 Å². The summed E-state index contributed by atoms with van der Waals surface area (Å²) in [4.78, 5) is 0. The van der Waals surface area contributed by atoms with Crippen LogP contribution >= 0.6 is 0 Å². The second-order valence-electron chi connectivity index (χ2n) is 11.4. The summed E-state index contributed by atoms with van der Waals surface area (Å²) in [5.41, 5.74) is 0. The number of ether oxygens (including phenoxy) is 10. The Morgan fingerprint density at radius 3 is 0.745 bits per heavy atom. The lowest BCUT2D eigenvalue weighted by Crippen LogP contribution is -2.15. The molecule has 47 heavy (non-hydrogen) atoms. The van der Waals surface area contributed by atoms with E-state index in [1.165, 1.54) is 83.5 Å². The zero-order valence-corrected chi connectivity index (χ0v) is 30.2. The molecule has 10 nitrogen and oxygen atoms in total. The van der Waals surface area contributed by atoms with Crippen LogP contribution in [0.5, 0.6) is 0 Å². The van der Waals surface area contributed by atoms with Crippen LogP contribution in [0.2, 0.25) is 0 Å². The molecular weight excluding hydrogens is 604 g/mol. The van der Waals surface area contributed by atoms with Gasteiger partial charge in [0, 0.05) is 6.61 Å². The summed E-state index contributed by atoms with van der Waals surface area (Å²) in [5.74, 6) is 2.40. The smallest absolute Gasteiger partial charge is 0.107 e. The molecule has 0 amide bonds. The van der Waals surface area contributed by atoms with Gasteiger partial charge in [0.1, 0.15) is 6.61 Å². The third kappa shape index (κ3) is 45.2. The molecule has 0 rings (SSSR count). The zero-order chi connectivity index (χ0) is 33.8. The molecule has 0 fully saturated rings. The molecule has 0 aromatic rings. The molecule has 0 aliphatic heterocycles. The Balaban J connectivity index is 3.04. The Morgan fingerprint density at radius 1 is 0.277 bits per heavy atom. The molecule has 0 heterocycles. The number of unbranched alkanes of at least 4 members (excludes halogenated alkanes) is 13. The van der Waals surface area contributed by atoms with Gasteiger partial charge in [-0.25, -0.2) is 0 Å². The first-order valence-corrected chi connectivity index (χ1v) is 18.6. The Kier molecular flexibility index (Phi) is 44.4. The van der Waals surface area contributed by atoms with Gasteiger partial charge in [-0.2, -0.15) is 0 Å². The van der Waals surface area contributed by atoms with Crippen molar-refractivity contribution in [2.24, 2.45) is 0 Å². The molecule has 0 N–H and O–H groups in total. The summed E-state index contributed by atoms with van der Waals surface area (Å²) in [6.45, 7) is 13.2. The van der Waals surface area contributed by atoms with Gasteiger partial charge in [0.25, 0.3) is 0 Å². The fraction of sp³-hybridized carbons (Fsp3) is 0.946. The van der Waals surface area contributed by atoms with Crippen LogP contribution in [0.1, 0.15) is 96.8 Å². The lowest BCUT2D eigenvalue weighted by atomic mass is 10.0. The Hall–Kier alpha value is -0.840. The monoisotopic (exact) mass is 677 g/mol. The normalized spacial score (nSPS) is 11.4. The fourth-order valence-corrected chi connectivity index (χ4v) is 4.51. The summed E-state index contributed by atoms with van der Waals surface area (Å²) < 4.78 is 54.6. The average molecular weight is 677 g/mol. The average Bonchev–Trinajstić information content (AvgIpc) is 3.08. The maximum atomic E-state index is 5.68. The van der Waals surface area contributed by atoms with Gasteiger partial charge in [-0.15, -0.1) is 6.42 Å². The molecule has 0 radical (unpaired) electrons. The molecule has 0 unspecified atom stereocenters. The minimum Gasteiger partial charge on any atom is -0.379 e. The van der Waals surface area contributed by atoms with Crippen molar-refractivity contribution in [2.75, 3.05) is 132 Å². The summed E-state index contributed by atoms with van der Waals surface area (Å²) >= 11 is 0. The molecule has 0 spiro atoms. The Morgan fingerprint density at radius 2 is 0.489 bits per heavy atom. The number of hydrogen-bond acceptors (Lipinski definition) is 10. The van der Waals surface area contributed by atoms with Crippen LogP contribution in [0.25, 0.3) is 0 Å². The van der Waals surface area contributed by atoms with Crippen molar-refractivity contribution >= 4 is 0 Å². The van der Waals surface area contributed by atoms with Crippen molar-refractivity contribution in [3.63, 3.8) is 0 Å². The highest BCUT2D eigenvalue weighted by atomic mass is 16.6. The molecule has 0 aliphatic rings. The van der Waals surface area contributed by atoms with Crippen LogP contribution in [0.3, 0.4) is 0 Å². The van der Waals surface area contributed by atoms with Crippen LogP contribution in [0.4, 0.5) is 0 Å². The predicted octanol–water partition coefficient (Wildman–Crippen LogP) is 6.27. The van der Waals surface area contributed by atoms with Crippen LogP contribution in [0.15, 0.2) is 0 Å². The Labute approximate surface area is 288 Å². The standard InChI is InChI=1S/C37H72O10/c1-3-5-6-7-8-9-10-11-12-13-14-15-16-17-19-39-21-23-41-25-27-43-29-31-45-33-35-47-37-36-46-34-32-44-30-28-42-26-24-40-22-20-38-18-4-2/h2H,3,5-37H2,1H3. The largest absolute Gasteiger partial charge is 0.379 e. The highest BCUT2D eigenvalue weighted by Crippen LogP contribution is 2.13. The molecule has 280 valence electrons. The van der Waals surface area contributed by atoms with Gasteiger partial charge < -0.3 is 47.4 Å². The van der Waals surface area contributed by atoms with Crippen molar-refractivity contribution in [2.45, 2.75) is 96.8 Å². The van der Waals surface area contributed by atoms with Gasteiger partial charge >= 0.3 is 0 Å². The summed E-state index contributed by atoms with van der Waals surface area (Å²) in [7, 11) is 0. The van der Waals surface area contributed by atoms with Crippen molar-refractivity contribution < 1.29 is 47.4 Å². The zero-order valence-electron chi connectivity index (χ0n) is 30.2. The van der Waals surface area contributed by atoms with Crippen LogP contribution in [-0.2, 0) is 47.4 Å². The molecule has 0 aromatic carbocycles. The van der Waals surface area contributed by atoms with E-state index in [1.807, 2.05) is 0 Å². The van der Waals surface area contributed by atoms with E-state index in [1.54, 1.807) is 0 Å². The Bertz CT molecular complexity index is 590. The fourth-order valence-electron chi connectivity index (χ4n) is 4.51. The second-order valence-corrected chi connectivity index (χ2v) is 11.4. The van der Waals surface area contributed by atoms with E-state index in [4.69, 9.17) is 53.8 Å². The van der Waals surface area contributed by atoms with Crippen molar-refractivity contribution in [3.8, 4) is 12.3 Å². The molecule has 0 saturated carbocycles. The summed E-state index contributed by atoms with van der Waals surface area (Å²) in [5, 5.41) is 0. The maximum absolute atomic E-state index is 5.68. The molecule has 0 aromatic heterocycles. The lowest BCUT2D eigenvalue weighted by Gasteiger charge is -2.09. The number of rotatable bonds is 43. The van der Waals surface area contributed by atoms with Crippen LogP contribution < -0.4 is 0 Å². The first-order chi connectivity index (χ1) is 23.4. The van der Waals surface area contributed by atoms with E-state index in [0.717, 1.165) is 13.0 Å². The lowest BCUT2D eigenvalue weighted by molar-refractivity contribution is -0.0261. The van der Waals surface area contributed by atoms with E-state index in [-0.39, 0.29) is 0 Å². The number of terminal acetylenes is 1. The topological polar surface area (TPSA) is 92.3 Å². The summed E-state index contributed by atoms with van der Waals surface area (Å²) in [6, 6.07) is 0. The van der Waals surface area contributed by atoms with Gasteiger partial charge in [0.2, 0.25) is 0 Å². The SMILES string of the molecule is C#CCOCCOCCOCCOCCOCCOCCOCCOCCOCCOCCCCCCCCCCCCCCCC. The molecule has 10 heteroatoms. The summed E-state index contributed by atoms with van der Waals surface area (Å²) in [6.07, 6.45) is 24.4. The van der Waals surface area contributed by atoms with Gasteiger partial charge in [-0.1, -0.05) is 96.3 Å². The van der Waals surface area contributed by atoms with E-state index < -0.39 is 0 Å². The van der Waals surface area contributed by atoms with Crippen LogP contribution in [0, 0.1) is 12.3 Å². The molecule has 0 aliphatic carbocycles. The van der Waals surface area contributed by atoms with Gasteiger partial charge in [0.05, 0.1) is 119 Å². The van der Waals surface area contributed by atoms with E-state index in [9.17, 15) is 0 Å². The van der Waals surface area contributed by atoms with E-state index in [2.05, 4.69) is 12.8 Å². The second kappa shape index (κ2) is 45.2. The molecule has 0 atom stereocenters. The molecule has 0 saturated heterocycles. The van der Waals surface area contributed by atoms with Crippen molar-refractivity contribution in [1.82, 2.24) is 0 Å². The maximum Gasteiger partial charge on any atom is 0.107 e. The van der Waals surface area contributed by atoms with E-state index >= 15 is 0 Å². The quantitative estimate of drug-likeness (QED) is 0.0544. The molecule has 0 bridgehead atoms. The van der Waals surface area contributed by atoms with Gasteiger partial charge in [-0.05, 0) is 6.42 Å². The van der Waals surface area contributed by atoms with Crippen LogP contribution in [-0.4, -0.2) is 132 Å². The van der Waals surface area contributed by atoms with E-state index in [0.29, 0.717) is 126 Å². The predicted molar refractivity (Wildman–Crippen MR) is 187 cm³/mol. The van der Waals surface area contributed by atoms with Gasteiger partial charge in [-0.3, -0.25) is 0 Å².